The molecule has 0 atom stereocenters. The fourth-order valence-electron chi connectivity index (χ4n) is 2.98. The number of fused-ring (bicyclic) bond motifs is 1. The van der Waals surface area contributed by atoms with Gasteiger partial charge in [-0.2, -0.15) is 0 Å². The summed E-state index contributed by atoms with van der Waals surface area (Å²) in [7, 11) is 0. The van der Waals surface area contributed by atoms with Gasteiger partial charge in [0.1, 0.15) is 16.9 Å². The van der Waals surface area contributed by atoms with E-state index < -0.39 is 11.4 Å². The minimum atomic E-state index is -0.797. The van der Waals surface area contributed by atoms with Crippen molar-refractivity contribution in [2.24, 2.45) is 5.92 Å². The standard InChI is InChI=1S/C18H18O4.3C2H6/c19-14(11-10-12-6-2-1-3-7-12)16-17(20)13-8-4-5-9-15(13)22-18(16)21;3*1-2/h4-5,8-12,20H,1-3,6-7H2;3*1-2H3/b11-10+;;;. The molecule has 1 aliphatic rings. The molecule has 0 aliphatic heterocycles. The average Bonchev–Trinajstić information content (AvgIpc) is 2.77. The second kappa shape index (κ2) is 14.7. The Morgan fingerprint density at radius 2 is 1.57 bits per heavy atom. The second-order valence-electron chi connectivity index (χ2n) is 5.73. The number of carbonyl (C=O) groups excluding carboxylic acids is 1. The van der Waals surface area contributed by atoms with Crippen molar-refractivity contribution in [3.05, 3.63) is 52.4 Å². The number of hydrogen-bond donors (Lipinski definition) is 1. The lowest BCUT2D eigenvalue weighted by molar-refractivity contribution is 0.104. The topological polar surface area (TPSA) is 67.5 Å². The maximum absolute atomic E-state index is 12.3. The van der Waals surface area contributed by atoms with E-state index in [0.717, 1.165) is 12.8 Å². The van der Waals surface area contributed by atoms with Crippen LogP contribution in [-0.2, 0) is 0 Å². The highest BCUT2D eigenvalue weighted by Gasteiger charge is 2.19. The first kappa shape index (κ1) is 25.6. The smallest absolute Gasteiger partial charge is 0.351 e. The largest absolute Gasteiger partial charge is 0.506 e. The zero-order valence-electron chi connectivity index (χ0n) is 18.2. The minimum absolute atomic E-state index is 0.276. The SMILES string of the molecule is CC.CC.CC.O=C(/C=C/C1CCCCC1)c1c(O)c2ccccc2oc1=O. The van der Waals surface area contributed by atoms with Crippen LogP contribution in [0.1, 0.15) is 84.0 Å². The van der Waals surface area contributed by atoms with Crippen LogP contribution < -0.4 is 5.63 Å². The number of ketones is 1. The first-order chi connectivity index (χ1) is 13.7. The van der Waals surface area contributed by atoms with Crippen molar-refractivity contribution >= 4 is 16.8 Å². The van der Waals surface area contributed by atoms with Crippen LogP contribution in [0.2, 0.25) is 0 Å². The number of aromatic hydroxyl groups is 1. The summed E-state index contributed by atoms with van der Waals surface area (Å²) in [5.74, 6) is -0.417. The molecule has 0 unspecified atom stereocenters. The van der Waals surface area contributed by atoms with Gasteiger partial charge in [0.2, 0.25) is 0 Å². The average molecular weight is 389 g/mol. The van der Waals surface area contributed by atoms with Crippen LogP contribution in [0.4, 0.5) is 0 Å². The molecule has 1 aromatic heterocycles. The van der Waals surface area contributed by atoms with Gasteiger partial charge in [-0.15, -0.1) is 0 Å². The Balaban J connectivity index is 0.00000111. The van der Waals surface area contributed by atoms with E-state index in [0.29, 0.717) is 11.3 Å². The summed E-state index contributed by atoms with van der Waals surface area (Å²) in [6.45, 7) is 12.0. The predicted molar refractivity (Wildman–Crippen MR) is 118 cm³/mol. The lowest BCUT2D eigenvalue weighted by Crippen LogP contribution is -2.13. The van der Waals surface area contributed by atoms with Gasteiger partial charge in [0, 0.05) is 0 Å². The zero-order chi connectivity index (χ0) is 21.5. The van der Waals surface area contributed by atoms with Gasteiger partial charge in [-0.1, -0.05) is 79.0 Å². The van der Waals surface area contributed by atoms with Crippen molar-refractivity contribution in [1.29, 1.82) is 0 Å². The Kier molecular flexibility index (Phi) is 13.4. The number of rotatable bonds is 3. The summed E-state index contributed by atoms with van der Waals surface area (Å²) in [5.41, 5.74) is -0.807. The molecule has 1 fully saturated rings. The molecule has 0 bridgehead atoms. The highest BCUT2D eigenvalue weighted by molar-refractivity contribution is 6.08. The van der Waals surface area contributed by atoms with Gasteiger partial charge in [0.05, 0.1) is 5.39 Å². The fraction of sp³-hybridized carbons (Fsp3) is 0.500. The van der Waals surface area contributed by atoms with E-state index in [1.54, 1.807) is 24.3 Å². The van der Waals surface area contributed by atoms with Crippen LogP contribution in [0.3, 0.4) is 0 Å². The van der Waals surface area contributed by atoms with Crippen molar-refractivity contribution in [3.63, 3.8) is 0 Å². The van der Waals surface area contributed by atoms with Crippen LogP contribution in [0, 0.1) is 5.92 Å². The molecule has 2 aromatic rings. The van der Waals surface area contributed by atoms with Crippen LogP contribution in [-0.4, -0.2) is 10.9 Å². The molecule has 4 nitrogen and oxygen atoms in total. The number of benzene rings is 1. The number of hydrogen-bond acceptors (Lipinski definition) is 4. The molecule has 28 heavy (non-hydrogen) atoms. The third-order valence-corrected chi connectivity index (χ3v) is 4.20. The van der Waals surface area contributed by atoms with E-state index in [2.05, 4.69) is 0 Å². The van der Waals surface area contributed by atoms with Crippen LogP contribution >= 0.6 is 0 Å². The molecule has 1 aromatic carbocycles. The third kappa shape index (κ3) is 6.99. The number of para-hydroxylation sites is 1. The highest BCUT2D eigenvalue weighted by atomic mass is 16.4. The van der Waals surface area contributed by atoms with E-state index >= 15 is 0 Å². The maximum atomic E-state index is 12.3. The molecule has 156 valence electrons. The zero-order valence-corrected chi connectivity index (χ0v) is 18.2. The summed E-state index contributed by atoms with van der Waals surface area (Å²) < 4.78 is 5.12. The first-order valence-electron chi connectivity index (χ1n) is 10.6. The molecule has 0 saturated heterocycles. The molecule has 1 saturated carbocycles. The van der Waals surface area contributed by atoms with Gasteiger partial charge in [0.25, 0.3) is 0 Å². The number of carbonyl (C=O) groups is 1. The molecule has 1 N–H and O–H groups in total. The molecule has 3 rings (SSSR count). The quantitative estimate of drug-likeness (QED) is 0.353. The molecule has 0 radical (unpaired) electrons. The maximum Gasteiger partial charge on any atom is 0.351 e. The predicted octanol–water partition coefficient (Wildman–Crippen LogP) is 6.90. The Labute approximate surface area is 169 Å². The Morgan fingerprint density at radius 3 is 2.18 bits per heavy atom. The van der Waals surface area contributed by atoms with Gasteiger partial charge in [-0.3, -0.25) is 4.79 Å². The van der Waals surface area contributed by atoms with Crippen molar-refractivity contribution in [2.75, 3.05) is 0 Å². The van der Waals surface area contributed by atoms with Crippen molar-refractivity contribution in [2.45, 2.75) is 73.6 Å². The van der Waals surface area contributed by atoms with Crippen LogP contribution in [0.5, 0.6) is 5.75 Å². The lowest BCUT2D eigenvalue weighted by Gasteiger charge is -2.17. The summed E-state index contributed by atoms with van der Waals surface area (Å²) in [6, 6.07) is 6.63. The van der Waals surface area contributed by atoms with E-state index in [1.165, 1.54) is 25.3 Å². The second-order valence-corrected chi connectivity index (χ2v) is 5.73. The van der Waals surface area contributed by atoms with Gasteiger partial charge >= 0.3 is 5.63 Å². The van der Waals surface area contributed by atoms with Crippen LogP contribution in [0.15, 0.2) is 45.6 Å². The molecule has 1 heterocycles. The summed E-state index contributed by atoms with van der Waals surface area (Å²) in [6.07, 6.45) is 8.99. The van der Waals surface area contributed by atoms with Crippen molar-refractivity contribution in [3.8, 4) is 5.75 Å². The van der Waals surface area contributed by atoms with Crippen molar-refractivity contribution < 1.29 is 14.3 Å². The molecule has 4 heteroatoms. The van der Waals surface area contributed by atoms with Crippen LogP contribution in [0.25, 0.3) is 11.0 Å². The minimum Gasteiger partial charge on any atom is -0.506 e. The van der Waals surface area contributed by atoms with Gasteiger partial charge in [0.15, 0.2) is 5.78 Å². The first-order valence-corrected chi connectivity index (χ1v) is 10.6. The highest BCUT2D eigenvalue weighted by Crippen LogP contribution is 2.27. The Hall–Kier alpha value is -2.36. The van der Waals surface area contributed by atoms with Gasteiger partial charge < -0.3 is 9.52 Å². The fourth-order valence-corrected chi connectivity index (χ4v) is 2.98. The summed E-state index contributed by atoms with van der Waals surface area (Å²) in [5, 5.41) is 10.6. The van der Waals surface area contributed by atoms with E-state index in [-0.39, 0.29) is 16.9 Å². The summed E-state index contributed by atoms with van der Waals surface area (Å²) in [4.78, 5) is 24.2. The molecular weight excluding hydrogens is 352 g/mol. The van der Waals surface area contributed by atoms with Crippen molar-refractivity contribution in [1.82, 2.24) is 0 Å². The summed E-state index contributed by atoms with van der Waals surface area (Å²) >= 11 is 0. The Morgan fingerprint density at radius 1 is 1.00 bits per heavy atom. The molecule has 1 aliphatic carbocycles. The number of allylic oxidation sites excluding steroid dienone is 2. The van der Waals surface area contributed by atoms with E-state index in [9.17, 15) is 14.7 Å². The van der Waals surface area contributed by atoms with E-state index in [1.807, 2.05) is 47.6 Å². The third-order valence-electron chi connectivity index (χ3n) is 4.20. The molecular formula is C24H36O4. The lowest BCUT2D eigenvalue weighted by atomic mass is 9.89. The van der Waals surface area contributed by atoms with Gasteiger partial charge in [-0.05, 0) is 37.0 Å². The molecule has 0 amide bonds. The normalized spacial score (nSPS) is 13.5. The van der Waals surface area contributed by atoms with Gasteiger partial charge in [-0.25, -0.2) is 4.79 Å². The molecule has 0 spiro atoms. The van der Waals surface area contributed by atoms with E-state index in [4.69, 9.17) is 4.42 Å². The monoisotopic (exact) mass is 388 g/mol. The Bertz CT molecular complexity index is 781.